The predicted molar refractivity (Wildman–Crippen MR) is 75.9 cm³/mol. The largest absolute Gasteiger partial charge is 0.273 e. The molecule has 1 aromatic rings. The second-order valence-electron chi connectivity index (χ2n) is 4.93. The fraction of sp³-hybridized carbons (Fsp3) is 0.333. The highest BCUT2D eigenvalue weighted by molar-refractivity contribution is 6.53. The summed E-state index contributed by atoms with van der Waals surface area (Å²) in [6, 6.07) is 4.96. The van der Waals surface area contributed by atoms with Gasteiger partial charge in [-0.15, -0.1) is 23.2 Å². The number of hydrogen-bond acceptors (Lipinski definition) is 4. The first-order valence-corrected chi connectivity index (χ1v) is 6.66. The fourth-order valence-electron chi connectivity index (χ4n) is 1.70. The summed E-state index contributed by atoms with van der Waals surface area (Å²) in [6.45, 7) is 1.58. The van der Waals surface area contributed by atoms with E-state index < -0.39 is 26.5 Å². The van der Waals surface area contributed by atoms with Crippen LogP contribution in [0.5, 0.6) is 0 Å². The molecule has 0 bridgehead atoms. The van der Waals surface area contributed by atoms with Crippen LogP contribution in [0.2, 0.25) is 0 Å². The Balaban J connectivity index is 1.93. The maximum atomic E-state index is 11.8. The van der Waals surface area contributed by atoms with Crippen molar-refractivity contribution in [3.63, 3.8) is 0 Å². The number of carbonyl (C=O) groups is 2. The van der Waals surface area contributed by atoms with E-state index in [0.29, 0.717) is 6.42 Å². The van der Waals surface area contributed by atoms with Crippen LogP contribution in [0.3, 0.4) is 0 Å². The lowest BCUT2D eigenvalue weighted by Crippen LogP contribution is -2.45. The van der Waals surface area contributed by atoms with E-state index >= 15 is 0 Å². The maximum absolute atomic E-state index is 11.8. The second-order valence-corrected chi connectivity index (χ2v) is 6.41. The van der Waals surface area contributed by atoms with Crippen molar-refractivity contribution >= 4 is 40.7 Å². The Labute approximate surface area is 129 Å². The van der Waals surface area contributed by atoms with Crippen molar-refractivity contribution in [2.75, 3.05) is 0 Å². The summed E-state index contributed by atoms with van der Waals surface area (Å²) < 4.78 is -1.13. The average Bonchev–Trinajstić information content (AvgIpc) is 2.96. The molecule has 2 amide bonds. The van der Waals surface area contributed by atoms with Crippen molar-refractivity contribution in [1.29, 1.82) is 0 Å². The van der Waals surface area contributed by atoms with Crippen LogP contribution in [0, 0.1) is 15.5 Å². The molecule has 2 N–H and O–H groups in total. The molecule has 1 aromatic carbocycles. The molecule has 21 heavy (non-hydrogen) atoms. The molecule has 1 fully saturated rings. The van der Waals surface area contributed by atoms with Gasteiger partial charge in [0, 0.05) is 17.7 Å². The molecular weight excluding hydrogens is 321 g/mol. The van der Waals surface area contributed by atoms with Crippen molar-refractivity contribution in [3.8, 4) is 0 Å². The summed E-state index contributed by atoms with van der Waals surface area (Å²) in [5.41, 5.74) is 3.54. The van der Waals surface area contributed by atoms with E-state index in [1.807, 2.05) is 0 Å². The fourth-order valence-corrected chi connectivity index (χ4v) is 2.41. The van der Waals surface area contributed by atoms with Gasteiger partial charge in [-0.1, -0.05) is 0 Å². The Morgan fingerprint density at radius 3 is 2.19 bits per heavy atom. The highest BCUT2D eigenvalue weighted by Crippen LogP contribution is 2.63. The Bertz CT molecular complexity index is 617. The summed E-state index contributed by atoms with van der Waals surface area (Å²) in [6.07, 6.45) is 0.294. The summed E-state index contributed by atoms with van der Waals surface area (Å²) in [5, 5.41) is 10.5. The molecule has 112 valence electrons. The minimum Gasteiger partial charge on any atom is -0.273 e. The van der Waals surface area contributed by atoms with Crippen LogP contribution >= 0.6 is 23.2 Å². The lowest BCUT2D eigenvalue weighted by Gasteiger charge is -2.13. The number of rotatable bonds is 3. The summed E-state index contributed by atoms with van der Waals surface area (Å²) in [5.74, 6) is -1.10. The molecule has 0 aromatic heterocycles. The zero-order valence-electron chi connectivity index (χ0n) is 10.9. The van der Waals surface area contributed by atoms with E-state index in [2.05, 4.69) is 10.9 Å². The Morgan fingerprint density at radius 1 is 1.24 bits per heavy atom. The van der Waals surface area contributed by atoms with Crippen LogP contribution in [0.4, 0.5) is 5.69 Å². The monoisotopic (exact) mass is 331 g/mol. The lowest BCUT2D eigenvalue weighted by molar-refractivity contribution is -0.384. The quantitative estimate of drug-likeness (QED) is 0.502. The number of nitro groups is 1. The topological polar surface area (TPSA) is 101 Å². The molecular formula is C12H11Cl2N3O4. The first kappa shape index (κ1) is 15.5. The van der Waals surface area contributed by atoms with Crippen molar-refractivity contribution in [1.82, 2.24) is 10.9 Å². The lowest BCUT2D eigenvalue weighted by atomic mass is 10.1. The third-order valence-corrected chi connectivity index (χ3v) is 4.49. The second kappa shape index (κ2) is 5.16. The van der Waals surface area contributed by atoms with Gasteiger partial charge in [0.25, 0.3) is 11.6 Å². The first-order valence-electron chi connectivity index (χ1n) is 5.90. The van der Waals surface area contributed by atoms with Gasteiger partial charge in [0.15, 0.2) is 0 Å². The molecule has 1 saturated carbocycles. The van der Waals surface area contributed by atoms with Gasteiger partial charge in [-0.05, 0) is 25.5 Å². The van der Waals surface area contributed by atoms with E-state index in [4.69, 9.17) is 23.2 Å². The van der Waals surface area contributed by atoms with Crippen molar-refractivity contribution < 1.29 is 14.5 Å². The molecule has 0 radical (unpaired) electrons. The van der Waals surface area contributed by atoms with Gasteiger partial charge in [-0.25, -0.2) is 0 Å². The van der Waals surface area contributed by atoms with Crippen molar-refractivity contribution in [3.05, 3.63) is 39.9 Å². The van der Waals surface area contributed by atoms with E-state index in [0.717, 1.165) is 0 Å². The zero-order chi connectivity index (χ0) is 15.8. The Kier molecular flexibility index (Phi) is 3.81. The third-order valence-electron chi connectivity index (χ3n) is 3.39. The molecule has 1 aliphatic carbocycles. The van der Waals surface area contributed by atoms with Gasteiger partial charge in [-0.3, -0.25) is 30.6 Å². The number of hydrazine groups is 1. The van der Waals surface area contributed by atoms with E-state index in [-0.39, 0.29) is 11.3 Å². The number of alkyl halides is 2. The standard InChI is InChI=1S/C12H11Cl2N3O4/c1-11(6-12(11,13)14)10(19)16-15-9(18)7-2-4-8(5-3-7)17(20)21/h2-5H,6H2,1H3,(H,15,18)(H,16,19). The van der Waals surface area contributed by atoms with Crippen LogP contribution in [0.25, 0.3) is 0 Å². The van der Waals surface area contributed by atoms with Crippen molar-refractivity contribution in [2.45, 2.75) is 17.7 Å². The van der Waals surface area contributed by atoms with Crippen LogP contribution in [0.1, 0.15) is 23.7 Å². The maximum Gasteiger partial charge on any atom is 0.269 e. The number of nitrogens with zero attached hydrogens (tertiary/aromatic N) is 1. The van der Waals surface area contributed by atoms with E-state index in [1.54, 1.807) is 6.92 Å². The average molecular weight is 332 g/mol. The molecule has 0 heterocycles. The van der Waals surface area contributed by atoms with Crippen LogP contribution in [-0.4, -0.2) is 21.1 Å². The normalized spacial score (nSPS) is 22.2. The number of non-ortho nitro benzene ring substituents is 1. The number of amides is 2. The van der Waals surface area contributed by atoms with Gasteiger partial charge in [0.2, 0.25) is 5.91 Å². The highest BCUT2D eigenvalue weighted by atomic mass is 35.5. The number of carbonyl (C=O) groups excluding carboxylic acids is 2. The summed E-state index contributed by atoms with van der Waals surface area (Å²) in [7, 11) is 0. The zero-order valence-corrected chi connectivity index (χ0v) is 12.4. The number of nitro benzene ring substituents is 1. The molecule has 1 aliphatic rings. The first-order chi connectivity index (χ1) is 9.67. The van der Waals surface area contributed by atoms with Gasteiger partial charge in [-0.2, -0.15) is 0 Å². The molecule has 0 spiro atoms. The Morgan fingerprint density at radius 2 is 1.76 bits per heavy atom. The summed E-state index contributed by atoms with van der Waals surface area (Å²) >= 11 is 11.7. The van der Waals surface area contributed by atoms with E-state index in [1.165, 1.54) is 24.3 Å². The minimum absolute atomic E-state index is 0.129. The van der Waals surface area contributed by atoms with Gasteiger partial charge < -0.3 is 0 Å². The molecule has 0 aliphatic heterocycles. The minimum atomic E-state index is -1.13. The summed E-state index contributed by atoms with van der Waals surface area (Å²) in [4.78, 5) is 33.5. The third kappa shape index (κ3) is 2.93. The SMILES string of the molecule is CC1(C(=O)NNC(=O)c2ccc([N+](=O)[O-])cc2)CC1(Cl)Cl. The molecule has 0 saturated heterocycles. The Hall–Kier alpha value is -1.86. The number of hydrogen-bond donors (Lipinski definition) is 2. The number of benzene rings is 1. The molecule has 2 rings (SSSR count). The van der Waals surface area contributed by atoms with Crippen LogP contribution < -0.4 is 10.9 Å². The smallest absolute Gasteiger partial charge is 0.269 e. The molecule has 1 unspecified atom stereocenters. The highest BCUT2D eigenvalue weighted by Gasteiger charge is 2.68. The van der Waals surface area contributed by atoms with E-state index in [9.17, 15) is 19.7 Å². The van der Waals surface area contributed by atoms with Crippen LogP contribution in [-0.2, 0) is 4.79 Å². The molecule has 1 atom stereocenters. The van der Waals surface area contributed by atoms with Gasteiger partial charge in [0.05, 0.1) is 10.3 Å². The number of nitrogens with one attached hydrogen (secondary N) is 2. The van der Waals surface area contributed by atoms with Crippen molar-refractivity contribution in [2.24, 2.45) is 5.41 Å². The van der Waals surface area contributed by atoms with Crippen LogP contribution in [0.15, 0.2) is 24.3 Å². The van der Waals surface area contributed by atoms with Gasteiger partial charge in [0.1, 0.15) is 4.33 Å². The molecule has 9 heteroatoms. The van der Waals surface area contributed by atoms with Gasteiger partial charge >= 0.3 is 0 Å². The number of halogens is 2. The predicted octanol–water partition coefficient (Wildman–Crippen LogP) is 1.94. The molecule has 7 nitrogen and oxygen atoms in total.